The molecule has 0 fully saturated rings. The molecular formula is C12H17N3O4. The van der Waals surface area contributed by atoms with Crippen LogP contribution in [0.1, 0.15) is 31.9 Å². The van der Waals surface area contributed by atoms with Gasteiger partial charge in [-0.3, -0.25) is 14.9 Å². The molecule has 0 spiro atoms. The Morgan fingerprint density at radius 1 is 1.58 bits per heavy atom. The first-order chi connectivity index (χ1) is 8.90. The zero-order valence-corrected chi connectivity index (χ0v) is 10.9. The number of nitrogens with zero attached hydrogens (tertiary/aromatic N) is 2. The molecule has 1 unspecified atom stereocenters. The molecule has 7 heteroatoms. The lowest BCUT2D eigenvalue weighted by atomic mass is 10.1. The molecule has 1 rings (SSSR count). The van der Waals surface area contributed by atoms with Gasteiger partial charge >= 0.3 is 5.97 Å². The van der Waals surface area contributed by atoms with Gasteiger partial charge in [0.15, 0.2) is 0 Å². The number of nitrogens with one attached hydrogen (secondary N) is 1. The highest BCUT2D eigenvalue weighted by Crippen LogP contribution is 2.18. The number of nitro groups is 1. The highest BCUT2D eigenvalue weighted by molar-refractivity contribution is 5.66. The van der Waals surface area contributed by atoms with Gasteiger partial charge in [0, 0.05) is 18.5 Å². The van der Waals surface area contributed by atoms with Gasteiger partial charge in [0.2, 0.25) is 0 Å². The van der Waals surface area contributed by atoms with Crippen LogP contribution in [0.3, 0.4) is 0 Å². The first-order valence-corrected chi connectivity index (χ1v) is 6.00. The minimum absolute atomic E-state index is 0.0101. The number of carbonyl (C=O) groups is 1. The maximum absolute atomic E-state index is 10.6. The van der Waals surface area contributed by atoms with Crippen LogP contribution in [-0.4, -0.2) is 27.0 Å². The van der Waals surface area contributed by atoms with Crippen molar-refractivity contribution in [1.29, 1.82) is 0 Å². The van der Waals surface area contributed by atoms with Crippen molar-refractivity contribution < 1.29 is 14.8 Å². The Balaban J connectivity index is 2.55. The lowest BCUT2D eigenvalue weighted by molar-refractivity contribution is -0.385. The normalized spacial score (nSPS) is 11.9. The van der Waals surface area contributed by atoms with Crippen LogP contribution >= 0.6 is 0 Å². The third-order valence-electron chi connectivity index (χ3n) is 2.68. The Morgan fingerprint density at radius 2 is 2.26 bits per heavy atom. The van der Waals surface area contributed by atoms with Gasteiger partial charge in [-0.1, -0.05) is 0 Å². The first kappa shape index (κ1) is 14.9. The van der Waals surface area contributed by atoms with Crippen molar-refractivity contribution in [3.8, 4) is 0 Å². The smallest absolute Gasteiger partial charge is 0.303 e. The molecule has 0 bridgehead atoms. The molecule has 19 heavy (non-hydrogen) atoms. The van der Waals surface area contributed by atoms with Gasteiger partial charge in [0.05, 0.1) is 4.92 Å². The Labute approximate surface area is 110 Å². The van der Waals surface area contributed by atoms with Crippen molar-refractivity contribution in [3.63, 3.8) is 0 Å². The van der Waals surface area contributed by atoms with Crippen LogP contribution in [-0.2, 0) is 4.79 Å². The lowest BCUT2D eigenvalue weighted by Crippen LogP contribution is -2.16. The van der Waals surface area contributed by atoms with E-state index in [4.69, 9.17) is 5.11 Å². The van der Waals surface area contributed by atoms with E-state index < -0.39 is 10.9 Å². The summed E-state index contributed by atoms with van der Waals surface area (Å²) in [5, 5.41) is 22.3. The molecule has 0 aliphatic carbocycles. The van der Waals surface area contributed by atoms with Crippen LogP contribution in [0, 0.1) is 17.0 Å². The minimum Gasteiger partial charge on any atom is -0.481 e. The van der Waals surface area contributed by atoms with E-state index in [1.54, 1.807) is 13.0 Å². The van der Waals surface area contributed by atoms with Crippen LogP contribution in [0.2, 0.25) is 0 Å². The summed E-state index contributed by atoms with van der Waals surface area (Å²) in [6.07, 6.45) is 1.41. The second-order valence-corrected chi connectivity index (χ2v) is 4.39. The Morgan fingerprint density at radius 3 is 2.79 bits per heavy atom. The molecule has 1 aromatic heterocycles. The van der Waals surface area contributed by atoms with Crippen LogP contribution in [0.25, 0.3) is 0 Å². The van der Waals surface area contributed by atoms with Crippen LogP contribution in [0.5, 0.6) is 0 Å². The van der Waals surface area contributed by atoms with Gasteiger partial charge < -0.3 is 10.4 Å². The molecule has 7 nitrogen and oxygen atoms in total. The highest BCUT2D eigenvalue weighted by atomic mass is 16.6. The fourth-order valence-electron chi connectivity index (χ4n) is 1.71. The zero-order valence-electron chi connectivity index (χ0n) is 10.9. The van der Waals surface area contributed by atoms with E-state index in [2.05, 4.69) is 10.3 Å². The Kier molecular flexibility index (Phi) is 5.23. The van der Waals surface area contributed by atoms with Gasteiger partial charge in [0.25, 0.3) is 5.69 Å². The summed E-state index contributed by atoms with van der Waals surface area (Å²) in [6.45, 7) is 3.50. The van der Waals surface area contributed by atoms with Crippen molar-refractivity contribution in [2.24, 2.45) is 0 Å². The van der Waals surface area contributed by atoms with E-state index in [0.29, 0.717) is 24.4 Å². The van der Waals surface area contributed by atoms with Gasteiger partial charge in [-0.15, -0.1) is 0 Å². The topological polar surface area (TPSA) is 105 Å². The SMILES string of the molecule is Cc1nc(NC(C)CCCC(=O)O)ccc1[N+](=O)[O-]. The maximum Gasteiger partial charge on any atom is 0.303 e. The van der Waals surface area contributed by atoms with Gasteiger partial charge in [-0.2, -0.15) is 0 Å². The summed E-state index contributed by atoms with van der Waals surface area (Å²) in [7, 11) is 0. The number of carboxylic acids is 1. The number of anilines is 1. The van der Waals surface area contributed by atoms with Crippen molar-refractivity contribution in [1.82, 2.24) is 4.98 Å². The summed E-state index contributed by atoms with van der Waals surface area (Å²) in [5.74, 6) is -0.248. The van der Waals surface area contributed by atoms with Crippen molar-refractivity contribution in [2.45, 2.75) is 39.2 Å². The molecule has 1 aromatic rings. The van der Waals surface area contributed by atoms with Gasteiger partial charge in [-0.25, -0.2) is 4.98 Å². The Hall–Kier alpha value is -2.18. The van der Waals surface area contributed by atoms with Crippen molar-refractivity contribution >= 4 is 17.5 Å². The molecule has 0 radical (unpaired) electrons. The van der Waals surface area contributed by atoms with Crippen LogP contribution in [0.4, 0.5) is 11.5 Å². The standard InChI is InChI=1S/C12H17N3O4/c1-8(4-3-5-12(16)17)13-11-7-6-10(15(18)19)9(2)14-11/h6-8H,3-5H2,1-2H3,(H,13,14)(H,16,17). The molecule has 0 aliphatic rings. The molecule has 1 heterocycles. The van der Waals surface area contributed by atoms with E-state index in [0.717, 1.165) is 0 Å². The second-order valence-electron chi connectivity index (χ2n) is 4.39. The number of rotatable bonds is 7. The second kappa shape index (κ2) is 6.67. The predicted octanol–water partition coefficient (Wildman–Crippen LogP) is 2.35. The van der Waals surface area contributed by atoms with Crippen molar-refractivity contribution in [3.05, 3.63) is 27.9 Å². The van der Waals surface area contributed by atoms with Crippen molar-refractivity contribution in [2.75, 3.05) is 5.32 Å². The third kappa shape index (κ3) is 4.90. The summed E-state index contributed by atoms with van der Waals surface area (Å²) in [6, 6.07) is 3.03. The highest BCUT2D eigenvalue weighted by Gasteiger charge is 2.12. The molecule has 0 saturated carbocycles. The molecule has 104 valence electrons. The fraction of sp³-hybridized carbons (Fsp3) is 0.500. The fourth-order valence-corrected chi connectivity index (χ4v) is 1.71. The molecule has 0 amide bonds. The van der Waals surface area contributed by atoms with E-state index in [-0.39, 0.29) is 18.2 Å². The van der Waals surface area contributed by atoms with Crippen LogP contribution < -0.4 is 5.32 Å². The summed E-state index contributed by atoms with van der Waals surface area (Å²) in [4.78, 5) is 24.7. The lowest BCUT2D eigenvalue weighted by Gasteiger charge is -2.14. The summed E-state index contributed by atoms with van der Waals surface area (Å²) < 4.78 is 0. The van der Waals surface area contributed by atoms with Gasteiger partial charge in [-0.05, 0) is 32.8 Å². The molecular weight excluding hydrogens is 250 g/mol. The number of aromatic nitrogens is 1. The monoisotopic (exact) mass is 267 g/mol. The predicted molar refractivity (Wildman–Crippen MR) is 70.2 cm³/mol. The zero-order chi connectivity index (χ0) is 14.4. The molecule has 0 aliphatic heterocycles. The average Bonchev–Trinajstić information content (AvgIpc) is 2.27. The molecule has 0 saturated heterocycles. The number of hydrogen-bond acceptors (Lipinski definition) is 5. The number of carboxylic acid groups (broad SMARTS) is 1. The minimum atomic E-state index is -0.809. The summed E-state index contributed by atoms with van der Waals surface area (Å²) in [5.41, 5.74) is 0.344. The molecule has 1 atom stereocenters. The van der Waals surface area contributed by atoms with E-state index in [9.17, 15) is 14.9 Å². The van der Waals surface area contributed by atoms with E-state index in [1.807, 2.05) is 6.92 Å². The van der Waals surface area contributed by atoms with Gasteiger partial charge in [0.1, 0.15) is 11.5 Å². The maximum atomic E-state index is 10.6. The Bertz CT molecular complexity index is 476. The average molecular weight is 267 g/mol. The summed E-state index contributed by atoms with van der Waals surface area (Å²) >= 11 is 0. The largest absolute Gasteiger partial charge is 0.481 e. The quantitative estimate of drug-likeness (QED) is 0.580. The van der Waals surface area contributed by atoms with E-state index in [1.165, 1.54) is 6.07 Å². The number of aliphatic carboxylic acids is 1. The van der Waals surface area contributed by atoms with E-state index >= 15 is 0 Å². The number of aryl methyl sites for hydroxylation is 1. The van der Waals surface area contributed by atoms with Crippen LogP contribution in [0.15, 0.2) is 12.1 Å². The molecule has 0 aromatic carbocycles. The number of hydrogen-bond donors (Lipinski definition) is 2. The third-order valence-corrected chi connectivity index (χ3v) is 2.68. The number of pyridine rings is 1. The first-order valence-electron chi connectivity index (χ1n) is 6.00. The molecule has 2 N–H and O–H groups in total.